The second-order valence-corrected chi connectivity index (χ2v) is 6.08. The molecule has 0 heterocycles. The van der Waals surface area contributed by atoms with Crippen LogP contribution in [0.2, 0.25) is 0 Å². The summed E-state index contributed by atoms with van der Waals surface area (Å²) in [6, 6.07) is 5.37. The zero-order chi connectivity index (χ0) is 14.3. The minimum Gasteiger partial charge on any atom is -0.386 e. The van der Waals surface area contributed by atoms with Crippen LogP contribution >= 0.6 is 0 Å². The van der Waals surface area contributed by atoms with Gasteiger partial charge in [-0.15, -0.1) is 0 Å². The number of halogens is 1. The average molecular weight is 277 g/mol. The number of nitrogens with one attached hydrogen (secondary N) is 1. The van der Waals surface area contributed by atoms with Crippen LogP contribution in [0.1, 0.15) is 37.9 Å². The molecule has 108 valence electrons. The van der Waals surface area contributed by atoms with Gasteiger partial charge in [-0.25, -0.2) is 4.39 Å². The Labute approximate surface area is 118 Å². The molecule has 0 bridgehead atoms. The second-order valence-electron chi connectivity index (χ2n) is 6.08. The number of hydrogen-bond acceptors (Lipinski definition) is 2. The van der Waals surface area contributed by atoms with E-state index in [0.29, 0.717) is 17.4 Å². The third-order valence-corrected chi connectivity index (χ3v) is 4.76. The Morgan fingerprint density at radius 2 is 1.90 bits per heavy atom. The Hall–Kier alpha value is -1.42. The van der Waals surface area contributed by atoms with Gasteiger partial charge in [-0.3, -0.25) is 4.79 Å². The summed E-state index contributed by atoms with van der Waals surface area (Å²) in [7, 11) is 0. The lowest BCUT2D eigenvalue weighted by Crippen LogP contribution is -2.38. The van der Waals surface area contributed by atoms with E-state index in [-0.39, 0.29) is 23.7 Å². The smallest absolute Gasteiger partial charge is 0.223 e. The van der Waals surface area contributed by atoms with Gasteiger partial charge in [-0.1, -0.05) is 18.6 Å². The van der Waals surface area contributed by atoms with Gasteiger partial charge in [0.05, 0.1) is 12.1 Å². The maximum atomic E-state index is 12.9. The molecule has 4 atom stereocenters. The number of carbonyl (C=O) groups is 1. The Kier molecular flexibility index (Phi) is 3.50. The molecule has 2 fully saturated rings. The summed E-state index contributed by atoms with van der Waals surface area (Å²) >= 11 is 0. The highest BCUT2D eigenvalue weighted by Gasteiger charge is 2.56. The summed E-state index contributed by atoms with van der Waals surface area (Å²) in [6.45, 7) is 1.78. The average Bonchev–Trinajstić information content (AvgIpc) is 2.92. The van der Waals surface area contributed by atoms with Gasteiger partial charge in [0.25, 0.3) is 0 Å². The first-order valence-electron chi connectivity index (χ1n) is 7.32. The standard InChI is InChI=1S/C16H20FNO2/c1-9(15(19)10-5-7-11(17)8-6-10)18-16(20)14-12-3-2-4-13(12)14/h5-9,12-15,19H,2-4H2,1H3,(H,18,20). The molecule has 0 radical (unpaired) electrons. The molecule has 4 heteroatoms. The Balaban J connectivity index is 1.57. The van der Waals surface area contributed by atoms with Crippen LogP contribution in [0.25, 0.3) is 0 Å². The van der Waals surface area contributed by atoms with E-state index in [2.05, 4.69) is 5.32 Å². The van der Waals surface area contributed by atoms with Crippen LogP contribution in [-0.2, 0) is 4.79 Å². The highest BCUT2D eigenvalue weighted by Crippen LogP contribution is 2.57. The highest BCUT2D eigenvalue weighted by molar-refractivity contribution is 5.82. The quantitative estimate of drug-likeness (QED) is 0.888. The topological polar surface area (TPSA) is 49.3 Å². The predicted molar refractivity (Wildman–Crippen MR) is 73.3 cm³/mol. The molecular weight excluding hydrogens is 257 g/mol. The number of hydrogen-bond donors (Lipinski definition) is 2. The van der Waals surface area contributed by atoms with E-state index in [9.17, 15) is 14.3 Å². The normalized spacial score (nSPS) is 30.4. The molecule has 0 aliphatic heterocycles. The Morgan fingerprint density at radius 3 is 2.50 bits per heavy atom. The molecule has 2 aliphatic rings. The summed E-state index contributed by atoms with van der Waals surface area (Å²) in [5, 5.41) is 13.1. The van der Waals surface area contributed by atoms with E-state index in [4.69, 9.17) is 0 Å². The van der Waals surface area contributed by atoms with Crippen molar-refractivity contribution in [2.45, 2.75) is 38.3 Å². The molecule has 1 aromatic rings. The van der Waals surface area contributed by atoms with Crippen LogP contribution in [0.3, 0.4) is 0 Å². The van der Waals surface area contributed by atoms with Gasteiger partial charge in [0.2, 0.25) is 5.91 Å². The zero-order valence-corrected chi connectivity index (χ0v) is 11.6. The van der Waals surface area contributed by atoms with Crippen LogP contribution in [0.4, 0.5) is 4.39 Å². The number of amides is 1. The predicted octanol–water partition coefficient (Wildman–Crippen LogP) is 2.41. The van der Waals surface area contributed by atoms with E-state index >= 15 is 0 Å². The molecule has 0 spiro atoms. The van der Waals surface area contributed by atoms with Crippen molar-refractivity contribution in [3.63, 3.8) is 0 Å². The molecule has 1 aromatic carbocycles. The Bertz CT molecular complexity index is 492. The third-order valence-electron chi connectivity index (χ3n) is 4.76. The van der Waals surface area contributed by atoms with Crippen molar-refractivity contribution in [1.29, 1.82) is 0 Å². The number of rotatable bonds is 4. The monoisotopic (exact) mass is 277 g/mol. The van der Waals surface area contributed by atoms with E-state index in [1.165, 1.54) is 18.6 Å². The molecule has 1 amide bonds. The van der Waals surface area contributed by atoms with Crippen molar-refractivity contribution in [3.8, 4) is 0 Å². The fourth-order valence-corrected chi connectivity index (χ4v) is 3.56. The first kappa shape index (κ1) is 13.6. The minimum atomic E-state index is -0.807. The number of fused-ring (bicyclic) bond motifs is 1. The van der Waals surface area contributed by atoms with Crippen molar-refractivity contribution >= 4 is 5.91 Å². The lowest BCUT2D eigenvalue weighted by atomic mass is 10.0. The molecule has 4 unspecified atom stereocenters. The lowest BCUT2D eigenvalue weighted by Gasteiger charge is -2.21. The molecule has 0 saturated heterocycles. The van der Waals surface area contributed by atoms with Crippen molar-refractivity contribution in [2.75, 3.05) is 0 Å². The largest absolute Gasteiger partial charge is 0.386 e. The van der Waals surface area contributed by atoms with Crippen LogP contribution in [0.5, 0.6) is 0 Å². The van der Waals surface area contributed by atoms with Crippen molar-refractivity contribution in [1.82, 2.24) is 5.32 Å². The van der Waals surface area contributed by atoms with Gasteiger partial charge >= 0.3 is 0 Å². The van der Waals surface area contributed by atoms with Gasteiger partial charge in [0, 0.05) is 5.92 Å². The van der Waals surface area contributed by atoms with Gasteiger partial charge in [0.15, 0.2) is 0 Å². The number of carbonyl (C=O) groups excluding carboxylic acids is 1. The first-order chi connectivity index (χ1) is 9.58. The SMILES string of the molecule is CC(NC(=O)C1C2CCCC21)C(O)c1ccc(F)cc1. The summed E-state index contributed by atoms with van der Waals surface area (Å²) in [6.07, 6.45) is 2.76. The summed E-state index contributed by atoms with van der Waals surface area (Å²) in [4.78, 5) is 12.1. The van der Waals surface area contributed by atoms with Crippen LogP contribution in [-0.4, -0.2) is 17.1 Å². The molecule has 2 N–H and O–H groups in total. The Morgan fingerprint density at radius 1 is 1.30 bits per heavy atom. The first-order valence-corrected chi connectivity index (χ1v) is 7.32. The maximum absolute atomic E-state index is 12.9. The second kappa shape index (κ2) is 5.17. The zero-order valence-electron chi connectivity index (χ0n) is 11.6. The van der Waals surface area contributed by atoms with Gasteiger partial charge in [0.1, 0.15) is 5.82 Å². The molecule has 0 aromatic heterocycles. The van der Waals surface area contributed by atoms with Gasteiger partial charge in [-0.2, -0.15) is 0 Å². The number of aliphatic hydroxyl groups is 1. The highest BCUT2D eigenvalue weighted by atomic mass is 19.1. The number of aliphatic hydroxyl groups excluding tert-OH is 1. The van der Waals surface area contributed by atoms with Crippen molar-refractivity contribution < 1.29 is 14.3 Å². The van der Waals surface area contributed by atoms with E-state index in [1.54, 1.807) is 19.1 Å². The van der Waals surface area contributed by atoms with Gasteiger partial charge < -0.3 is 10.4 Å². The summed E-state index contributed by atoms with van der Waals surface area (Å²) < 4.78 is 12.9. The fraction of sp³-hybridized carbons (Fsp3) is 0.562. The molecule has 2 aliphatic carbocycles. The molecule has 20 heavy (non-hydrogen) atoms. The molecular formula is C16H20FNO2. The molecule has 2 saturated carbocycles. The fourth-order valence-electron chi connectivity index (χ4n) is 3.56. The van der Waals surface area contributed by atoms with Crippen LogP contribution in [0, 0.1) is 23.6 Å². The number of benzene rings is 1. The van der Waals surface area contributed by atoms with Crippen LogP contribution in [0.15, 0.2) is 24.3 Å². The summed E-state index contributed by atoms with van der Waals surface area (Å²) in [5.41, 5.74) is 0.621. The van der Waals surface area contributed by atoms with Crippen LogP contribution < -0.4 is 5.32 Å². The van der Waals surface area contributed by atoms with Crippen molar-refractivity contribution in [3.05, 3.63) is 35.6 Å². The van der Waals surface area contributed by atoms with Crippen molar-refractivity contribution in [2.24, 2.45) is 17.8 Å². The lowest BCUT2D eigenvalue weighted by molar-refractivity contribution is -0.124. The maximum Gasteiger partial charge on any atom is 0.223 e. The van der Waals surface area contributed by atoms with E-state index in [1.807, 2.05) is 0 Å². The van der Waals surface area contributed by atoms with E-state index < -0.39 is 6.10 Å². The van der Waals surface area contributed by atoms with Gasteiger partial charge in [-0.05, 0) is 49.3 Å². The molecule has 3 nitrogen and oxygen atoms in total. The minimum absolute atomic E-state index is 0.0633. The molecule has 3 rings (SSSR count). The third kappa shape index (κ3) is 2.44. The summed E-state index contributed by atoms with van der Waals surface area (Å²) in [5.74, 6) is 1.04. The van der Waals surface area contributed by atoms with E-state index in [0.717, 1.165) is 12.8 Å².